The summed E-state index contributed by atoms with van der Waals surface area (Å²) in [6.07, 6.45) is 5.04. The highest BCUT2D eigenvalue weighted by Gasteiger charge is 2.18. The molecule has 0 bridgehead atoms. The number of nitrogens with zero attached hydrogens (tertiary/aromatic N) is 1. The van der Waals surface area contributed by atoms with Crippen molar-refractivity contribution in [2.24, 2.45) is 0 Å². The zero-order valence-corrected chi connectivity index (χ0v) is 8.19. The summed E-state index contributed by atoms with van der Waals surface area (Å²) in [5.74, 6) is 0. The summed E-state index contributed by atoms with van der Waals surface area (Å²) in [4.78, 5) is 4.11. The van der Waals surface area contributed by atoms with E-state index in [1.165, 1.54) is 19.3 Å². The Labute approximate surface area is 84.2 Å². The van der Waals surface area contributed by atoms with E-state index in [0.29, 0.717) is 12.6 Å². The van der Waals surface area contributed by atoms with Crippen molar-refractivity contribution in [2.45, 2.75) is 31.4 Å². The highest BCUT2D eigenvalue weighted by molar-refractivity contribution is 5.06. The van der Waals surface area contributed by atoms with Gasteiger partial charge in [0.1, 0.15) is 6.10 Å². The first kappa shape index (κ1) is 9.62. The zero-order chi connectivity index (χ0) is 9.80. The van der Waals surface area contributed by atoms with E-state index in [1.807, 2.05) is 18.2 Å². The van der Waals surface area contributed by atoms with Gasteiger partial charge in [0.05, 0.1) is 5.69 Å². The minimum absolute atomic E-state index is 0.475. The van der Waals surface area contributed by atoms with E-state index in [9.17, 15) is 5.11 Å². The van der Waals surface area contributed by atoms with Crippen LogP contribution in [-0.4, -0.2) is 22.7 Å². The Morgan fingerprint density at radius 2 is 2.36 bits per heavy atom. The molecular weight excluding hydrogens is 176 g/mol. The highest BCUT2D eigenvalue weighted by Crippen LogP contribution is 2.18. The monoisotopic (exact) mass is 192 g/mol. The molecule has 0 aromatic carbocycles. The maximum atomic E-state index is 9.76. The number of hydrogen-bond acceptors (Lipinski definition) is 3. The molecule has 1 unspecified atom stereocenters. The van der Waals surface area contributed by atoms with Gasteiger partial charge in [0.25, 0.3) is 0 Å². The minimum Gasteiger partial charge on any atom is -0.385 e. The van der Waals surface area contributed by atoms with Crippen molar-refractivity contribution in [2.75, 3.05) is 6.54 Å². The smallest absolute Gasteiger partial charge is 0.108 e. The van der Waals surface area contributed by atoms with E-state index in [2.05, 4.69) is 10.3 Å². The third-order valence-corrected chi connectivity index (χ3v) is 2.73. The molecule has 3 nitrogen and oxygen atoms in total. The van der Waals surface area contributed by atoms with Crippen molar-refractivity contribution >= 4 is 0 Å². The van der Waals surface area contributed by atoms with Crippen LogP contribution < -0.4 is 5.32 Å². The molecule has 1 aromatic rings. The van der Waals surface area contributed by atoms with Gasteiger partial charge >= 0.3 is 0 Å². The molecule has 1 saturated carbocycles. The predicted molar refractivity (Wildman–Crippen MR) is 54.8 cm³/mol. The van der Waals surface area contributed by atoms with Crippen molar-refractivity contribution in [1.29, 1.82) is 0 Å². The molecule has 1 fully saturated rings. The lowest BCUT2D eigenvalue weighted by molar-refractivity contribution is 0.157. The lowest BCUT2D eigenvalue weighted by Crippen LogP contribution is -2.37. The molecule has 1 atom stereocenters. The van der Waals surface area contributed by atoms with Gasteiger partial charge in [0, 0.05) is 18.8 Å². The van der Waals surface area contributed by atoms with Crippen molar-refractivity contribution in [1.82, 2.24) is 10.3 Å². The van der Waals surface area contributed by atoms with Gasteiger partial charge < -0.3 is 10.4 Å². The zero-order valence-electron chi connectivity index (χ0n) is 8.19. The van der Waals surface area contributed by atoms with Crippen LogP contribution in [0.15, 0.2) is 24.4 Å². The average Bonchev–Trinajstić information content (AvgIpc) is 2.16. The van der Waals surface area contributed by atoms with E-state index in [0.717, 1.165) is 5.69 Å². The Balaban J connectivity index is 1.80. The second kappa shape index (κ2) is 4.53. The van der Waals surface area contributed by atoms with Gasteiger partial charge in [-0.15, -0.1) is 0 Å². The van der Waals surface area contributed by atoms with Crippen molar-refractivity contribution in [3.8, 4) is 0 Å². The number of aliphatic hydroxyl groups excluding tert-OH is 1. The van der Waals surface area contributed by atoms with Crippen LogP contribution in [0.2, 0.25) is 0 Å². The fourth-order valence-corrected chi connectivity index (χ4v) is 1.57. The average molecular weight is 192 g/mol. The van der Waals surface area contributed by atoms with Crippen LogP contribution in [0.4, 0.5) is 0 Å². The van der Waals surface area contributed by atoms with Crippen molar-refractivity contribution < 1.29 is 5.11 Å². The van der Waals surface area contributed by atoms with E-state index < -0.39 is 6.10 Å². The number of pyridine rings is 1. The van der Waals surface area contributed by atoms with Crippen molar-refractivity contribution in [3.05, 3.63) is 30.1 Å². The molecule has 1 aliphatic rings. The summed E-state index contributed by atoms with van der Waals surface area (Å²) in [6, 6.07) is 6.23. The number of rotatable bonds is 4. The van der Waals surface area contributed by atoms with Gasteiger partial charge in [-0.2, -0.15) is 0 Å². The molecule has 0 aliphatic heterocycles. The van der Waals surface area contributed by atoms with Gasteiger partial charge in [-0.1, -0.05) is 12.5 Å². The number of aromatic nitrogens is 1. The molecule has 1 aliphatic carbocycles. The molecule has 2 N–H and O–H groups in total. The Morgan fingerprint density at radius 3 is 2.93 bits per heavy atom. The molecule has 1 heterocycles. The minimum atomic E-state index is -0.475. The van der Waals surface area contributed by atoms with Gasteiger partial charge in [0.15, 0.2) is 0 Å². The molecule has 2 rings (SSSR count). The van der Waals surface area contributed by atoms with E-state index in [4.69, 9.17) is 0 Å². The van der Waals surface area contributed by atoms with Crippen LogP contribution in [0.25, 0.3) is 0 Å². The molecule has 0 spiro atoms. The van der Waals surface area contributed by atoms with E-state index >= 15 is 0 Å². The normalized spacial score (nSPS) is 18.9. The molecule has 76 valence electrons. The summed E-state index contributed by atoms with van der Waals surface area (Å²) < 4.78 is 0. The maximum absolute atomic E-state index is 9.76. The lowest BCUT2D eigenvalue weighted by atomic mass is 9.93. The maximum Gasteiger partial charge on any atom is 0.108 e. The second-order valence-corrected chi connectivity index (χ2v) is 3.81. The van der Waals surface area contributed by atoms with Crippen LogP contribution in [0.3, 0.4) is 0 Å². The van der Waals surface area contributed by atoms with E-state index in [-0.39, 0.29) is 0 Å². The molecule has 14 heavy (non-hydrogen) atoms. The third-order valence-electron chi connectivity index (χ3n) is 2.73. The Kier molecular flexibility index (Phi) is 3.11. The molecule has 0 saturated heterocycles. The standard InChI is InChI=1S/C11H16N2O/c14-11(8-13-9-4-3-5-9)10-6-1-2-7-12-10/h1-2,6-7,9,11,13-14H,3-5,8H2. The molecule has 0 amide bonds. The SMILES string of the molecule is OC(CNC1CCC1)c1ccccn1. The Bertz CT molecular complexity index is 272. The van der Waals surface area contributed by atoms with Crippen LogP contribution >= 0.6 is 0 Å². The van der Waals surface area contributed by atoms with Gasteiger partial charge in [-0.25, -0.2) is 0 Å². The third kappa shape index (κ3) is 2.30. The molecular formula is C11H16N2O. The first-order valence-electron chi connectivity index (χ1n) is 5.18. The molecule has 1 aromatic heterocycles. The fraction of sp³-hybridized carbons (Fsp3) is 0.545. The summed E-state index contributed by atoms with van der Waals surface area (Å²) in [7, 11) is 0. The molecule has 0 radical (unpaired) electrons. The van der Waals surface area contributed by atoms with Crippen LogP contribution in [0.5, 0.6) is 0 Å². The summed E-state index contributed by atoms with van der Waals surface area (Å²) >= 11 is 0. The van der Waals surface area contributed by atoms with E-state index in [1.54, 1.807) is 6.20 Å². The lowest BCUT2D eigenvalue weighted by Gasteiger charge is -2.27. The first-order chi connectivity index (χ1) is 6.86. The summed E-state index contributed by atoms with van der Waals surface area (Å²) in [6.45, 7) is 0.613. The van der Waals surface area contributed by atoms with Gasteiger partial charge in [-0.3, -0.25) is 4.98 Å². The largest absolute Gasteiger partial charge is 0.385 e. The predicted octanol–water partition coefficient (Wildman–Crippen LogP) is 1.26. The number of hydrogen-bond donors (Lipinski definition) is 2. The Hall–Kier alpha value is -0.930. The van der Waals surface area contributed by atoms with Gasteiger partial charge in [-0.05, 0) is 25.0 Å². The quantitative estimate of drug-likeness (QED) is 0.754. The van der Waals surface area contributed by atoms with Crippen molar-refractivity contribution in [3.63, 3.8) is 0 Å². The summed E-state index contributed by atoms with van der Waals surface area (Å²) in [5.41, 5.74) is 0.749. The van der Waals surface area contributed by atoms with Crippen LogP contribution in [-0.2, 0) is 0 Å². The topological polar surface area (TPSA) is 45.1 Å². The fourth-order valence-electron chi connectivity index (χ4n) is 1.57. The Morgan fingerprint density at radius 1 is 1.50 bits per heavy atom. The van der Waals surface area contributed by atoms with Crippen LogP contribution in [0, 0.1) is 0 Å². The first-order valence-corrected chi connectivity index (χ1v) is 5.18. The highest BCUT2D eigenvalue weighted by atomic mass is 16.3. The summed E-state index contributed by atoms with van der Waals surface area (Å²) in [5, 5.41) is 13.1. The second-order valence-electron chi connectivity index (χ2n) is 3.81. The number of nitrogens with one attached hydrogen (secondary N) is 1. The molecule has 3 heteroatoms. The van der Waals surface area contributed by atoms with Crippen LogP contribution in [0.1, 0.15) is 31.1 Å². The van der Waals surface area contributed by atoms with Gasteiger partial charge in [0.2, 0.25) is 0 Å². The number of aliphatic hydroxyl groups is 1.